The minimum Gasteiger partial charge on any atom is -0.292 e. The predicted octanol–water partition coefficient (Wildman–Crippen LogP) is 1.92. The van der Waals surface area contributed by atoms with E-state index in [1.54, 1.807) is 0 Å². The predicted molar refractivity (Wildman–Crippen MR) is 52.9 cm³/mol. The number of likely N-dealkylation sites (tertiary alicyclic amines) is 1. The number of aryl methyl sites for hydroxylation is 1. The molecular weight excluding hydrogens is 178 g/mol. The zero-order valence-electron chi connectivity index (χ0n) is 9.03. The van der Waals surface area contributed by atoms with Crippen molar-refractivity contribution in [1.29, 1.82) is 0 Å². The molecule has 1 fully saturated rings. The van der Waals surface area contributed by atoms with Crippen molar-refractivity contribution in [3.05, 3.63) is 11.4 Å². The van der Waals surface area contributed by atoms with Gasteiger partial charge in [-0.25, -0.2) is 4.63 Å². The maximum atomic E-state index is 4.76. The van der Waals surface area contributed by atoms with Gasteiger partial charge in [0.15, 0.2) is 0 Å². The molecule has 78 valence electrons. The van der Waals surface area contributed by atoms with Crippen LogP contribution in [0.1, 0.15) is 44.1 Å². The molecule has 1 unspecified atom stereocenters. The Kier molecular flexibility index (Phi) is 2.54. The molecule has 0 aliphatic carbocycles. The summed E-state index contributed by atoms with van der Waals surface area (Å²) in [7, 11) is 0. The quantitative estimate of drug-likeness (QED) is 0.723. The van der Waals surface area contributed by atoms with Gasteiger partial charge >= 0.3 is 0 Å². The maximum Gasteiger partial charge on any atom is 0.125 e. The number of aromatic nitrogens is 2. The van der Waals surface area contributed by atoms with Crippen LogP contribution >= 0.6 is 0 Å². The number of hydrogen-bond donors (Lipinski definition) is 0. The Hall–Kier alpha value is -0.900. The van der Waals surface area contributed by atoms with Crippen LogP contribution in [0.15, 0.2) is 4.63 Å². The van der Waals surface area contributed by atoms with Gasteiger partial charge in [0.05, 0.1) is 6.04 Å². The van der Waals surface area contributed by atoms with Gasteiger partial charge in [-0.2, -0.15) is 0 Å². The summed E-state index contributed by atoms with van der Waals surface area (Å²) in [6.45, 7) is 7.57. The zero-order valence-corrected chi connectivity index (χ0v) is 9.03. The Balaban J connectivity index is 2.22. The van der Waals surface area contributed by atoms with Gasteiger partial charge in [0.2, 0.25) is 0 Å². The molecule has 1 aromatic rings. The first kappa shape index (κ1) is 9.65. The highest BCUT2D eigenvalue weighted by atomic mass is 16.6. The second-order valence-electron chi connectivity index (χ2n) is 4.22. The van der Waals surface area contributed by atoms with Gasteiger partial charge < -0.3 is 0 Å². The van der Waals surface area contributed by atoms with E-state index >= 15 is 0 Å². The first-order chi connectivity index (χ1) is 6.70. The first-order valence-corrected chi connectivity index (χ1v) is 5.25. The number of hydrogen-bond acceptors (Lipinski definition) is 4. The van der Waals surface area contributed by atoms with E-state index in [0.29, 0.717) is 12.1 Å². The monoisotopic (exact) mass is 195 g/mol. The van der Waals surface area contributed by atoms with Crippen molar-refractivity contribution in [3.63, 3.8) is 0 Å². The molecule has 4 heteroatoms. The van der Waals surface area contributed by atoms with Gasteiger partial charge in [0, 0.05) is 6.04 Å². The average molecular weight is 195 g/mol. The third kappa shape index (κ3) is 1.54. The molecule has 1 aliphatic heterocycles. The van der Waals surface area contributed by atoms with Crippen molar-refractivity contribution < 1.29 is 4.63 Å². The van der Waals surface area contributed by atoms with Gasteiger partial charge in [-0.1, -0.05) is 10.3 Å². The SMILES string of the molecule is Cc1nonc1C1CCCN1C(C)C. The lowest BCUT2D eigenvalue weighted by atomic mass is 10.1. The van der Waals surface area contributed by atoms with E-state index in [1.807, 2.05) is 6.92 Å². The summed E-state index contributed by atoms with van der Waals surface area (Å²) < 4.78 is 4.76. The zero-order chi connectivity index (χ0) is 10.1. The van der Waals surface area contributed by atoms with Gasteiger partial charge in [0.25, 0.3) is 0 Å². The van der Waals surface area contributed by atoms with Crippen LogP contribution in [-0.2, 0) is 0 Å². The van der Waals surface area contributed by atoms with Crippen molar-refractivity contribution in [2.75, 3.05) is 6.54 Å². The molecule has 1 aliphatic rings. The Morgan fingerprint density at radius 3 is 2.79 bits per heavy atom. The lowest BCUT2D eigenvalue weighted by Gasteiger charge is -2.26. The van der Waals surface area contributed by atoms with Gasteiger partial charge in [-0.05, 0) is 40.2 Å². The third-order valence-electron chi connectivity index (χ3n) is 2.96. The van der Waals surface area contributed by atoms with Gasteiger partial charge in [0.1, 0.15) is 11.4 Å². The highest BCUT2D eigenvalue weighted by Gasteiger charge is 2.31. The minimum atomic E-state index is 0.418. The number of nitrogens with zero attached hydrogens (tertiary/aromatic N) is 3. The summed E-state index contributed by atoms with van der Waals surface area (Å²) in [4.78, 5) is 2.46. The fourth-order valence-electron chi connectivity index (χ4n) is 2.24. The number of rotatable bonds is 2. The van der Waals surface area contributed by atoms with Crippen LogP contribution in [0.25, 0.3) is 0 Å². The Labute approximate surface area is 84.2 Å². The smallest absolute Gasteiger partial charge is 0.125 e. The summed E-state index contributed by atoms with van der Waals surface area (Å²) in [5.74, 6) is 0. The van der Waals surface area contributed by atoms with Gasteiger partial charge in [-0.15, -0.1) is 0 Å². The Morgan fingerprint density at radius 1 is 1.43 bits per heavy atom. The minimum absolute atomic E-state index is 0.418. The lowest BCUT2D eigenvalue weighted by molar-refractivity contribution is 0.195. The molecule has 0 saturated carbocycles. The van der Waals surface area contributed by atoms with Crippen molar-refractivity contribution in [1.82, 2.24) is 15.2 Å². The van der Waals surface area contributed by atoms with Crippen LogP contribution in [0.2, 0.25) is 0 Å². The fourth-order valence-corrected chi connectivity index (χ4v) is 2.24. The van der Waals surface area contributed by atoms with Crippen molar-refractivity contribution in [3.8, 4) is 0 Å². The molecule has 0 amide bonds. The van der Waals surface area contributed by atoms with Crippen LogP contribution in [0, 0.1) is 6.92 Å². The Morgan fingerprint density at radius 2 is 2.21 bits per heavy atom. The van der Waals surface area contributed by atoms with E-state index in [9.17, 15) is 0 Å². The second kappa shape index (κ2) is 3.69. The maximum absolute atomic E-state index is 4.76. The van der Waals surface area contributed by atoms with Gasteiger partial charge in [-0.3, -0.25) is 4.90 Å². The van der Waals surface area contributed by atoms with E-state index in [4.69, 9.17) is 4.63 Å². The molecule has 0 N–H and O–H groups in total. The molecule has 0 aromatic carbocycles. The summed E-state index contributed by atoms with van der Waals surface area (Å²) >= 11 is 0. The molecular formula is C10H17N3O. The molecule has 2 heterocycles. The third-order valence-corrected chi connectivity index (χ3v) is 2.96. The summed E-state index contributed by atoms with van der Waals surface area (Å²) in [5, 5.41) is 7.84. The summed E-state index contributed by atoms with van der Waals surface area (Å²) in [6.07, 6.45) is 2.42. The topological polar surface area (TPSA) is 42.2 Å². The van der Waals surface area contributed by atoms with E-state index < -0.39 is 0 Å². The fraction of sp³-hybridized carbons (Fsp3) is 0.800. The highest BCUT2D eigenvalue weighted by molar-refractivity contribution is 5.12. The van der Waals surface area contributed by atoms with Crippen molar-refractivity contribution >= 4 is 0 Å². The standard InChI is InChI=1S/C10H17N3O/c1-7(2)13-6-4-5-9(13)10-8(3)11-14-12-10/h7,9H,4-6H2,1-3H3. The largest absolute Gasteiger partial charge is 0.292 e. The van der Waals surface area contributed by atoms with Crippen molar-refractivity contribution in [2.24, 2.45) is 0 Å². The second-order valence-corrected chi connectivity index (χ2v) is 4.22. The normalized spacial score (nSPS) is 23.6. The van der Waals surface area contributed by atoms with E-state index in [1.165, 1.54) is 12.8 Å². The van der Waals surface area contributed by atoms with Crippen LogP contribution in [0.4, 0.5) is 0 Å². The molecule has 1 aromatic heterocycles. The summed E-state index contributed by atoms with van der Waals surface area (Å²) in [5.41, 5.74) is 1.96. The molecule has 1 saturated heterocycles. The lowest BCUT2D eigenvalue weighted by Crippen LogP contribution is -2.30. The van der Waals surface area contributed by atoms with Crippen LogP contribution in [-0.4, -0.2) is 27.8 Å². The molecule has 0 bridgehead atoms. The van der Waals surface area contributed by atoms with Crippen LogP contribution in [0.5, 0.6) is 0 Å². The molecule has 0 spiro atoms. The van der Waals surface area contributed by atoms with Crippen LogP contribution in [0.3, 0.4) is 0 Å². The Bertz CT molecular complexity index is 308. The average Bonchev–Trinajstić information content (AvgIpc) is 2.70. The van der Waals surface area contributed by atoms with E-state index in [2.05, 4.69) is 29.1 Å². The molecule has 4 nitrogen and oxygen atoms in total. The van der Waals surface area contributed by atoms with Crippen molar-refractivity contribution in [2.45, 2.75) is 45.7 Å². The van der Waals surface area contributed by atoms with E-state index in [-0.39, 0.29) is 0 Å². The highest BCUT2D eigenvalue weighted by Crippen LogP contribution is 2.33. The first-order valence-electron chi connectivity index (χ1n) is 5.25. The molecule has 2 rings (SSSR count). The molecule has 1 atom stereocenters. The van der Waals surface area contributed by atoms with E-state index in [0.717, 1.165) is 17.9 Å². The van der Waals surface area contributed by atoms with Crippen LogP contribution < -0.4 is 0 Å². The molecule has 14 heavy (non-hydrogen) atoms. The summed E-state index contributed by atoms with van der Waals surface area (Å²) in [6, 6.07) is 0.986. The molecule has 0 radical (unpaired) electrons.